The highest BCUT2D eigenvalue weighted by Crippen LogP contribution is 2.62. The molecule has 1 aliphatic carbocycles. The van der Waals surface area contributed by atoms with Gasteiger partial charge >= 0.3 is 0 Å². The van der Waals surface area contributed by atoms with E-state index in [0.29, 0.717) is 23.2 Å². The molecule has 2 aliphatic rings. The monoisotopic (exact) mass is 714 g/mol. The molecule has 1 unspecified atom stereocenters. The quantitative estimate of drug-likeness (QED) is 0.170. The summed E-state index contributed by atoms with van der Waals surface area (Å²) >= 11 is 0. The van der Waals surface area contributed by atoms with Gasteiger partial charge < -0.3 is 4.74 Å². The lowest BCUT2D eigenvalue weighted by molar-refractivity contribution is 0.436. The average Bonchev–Trinajstić information content (AvgIpc) is 3.56. The smallest absolute Gasteiger partial charge is 0.187 e. The first-order valence-electron chi connectivity index (χ1n) is 18.6. The Morgan fingerprint density at radius 3 is 1.68 bits per heavy atom. The van der Waals surface area contributed by atoms with Gasteiger partial charge in [0.15, 0.2) is 23.2 Å². The van der Waals surface area contributed by atoms with Gasteiger partial charge in [-0.15, -0.1) is 0 Å². The molecule has 9 aromatic rings. The zero-order chi connectivity index (χ0) is 37.2. The summed E-state index contributed by atoms with van der Waals surface area (Å²) in [6.07, 6.45) is 0. The van der Waals surface area contributed by atoms with E-state index in [-0.39, 0.29) is 0 Å². The maximum atomic E-state index is 7.47. The minimum atomic E-state index is -0.693. The number of nitrogens with zero attached hydrogens (tertiary/aromatic N) is 4. The van der Waals surface area contributed by atoms with Gasteiger partial charge in [0.25, 0.3) is 0 Å². The van der Waals surface area contributed by atoms with Gasteiger partial charge in [-0.2, -0.15) is 0 Å². The van der Waals surface area contributed by atoms with E-state index in [4.69, 9.17) is 26.3 Å². The van der Waals surface area contributed by atoms with Crippen LogP contribution in [0.15, 0.2) is 182 Å². The molecule has 5 heteroatoms. The first-order valence-corrected chi connectivity index (χ1v) is 18.6. The SMILES string of the molecule is [C-]#[N+]c1ccc2cc(-c3ccc4c(c3)C3(c5ccccc5O4)c4ccccc4-c4ccc(-c5nc(-c6ccccc6)nc(-c6ccccc6)n5)cc43)ccc2c1. The lowest BCUT2D eigenvalue weighted by Gasteiger charge is -2.39. The van der Waals surface area contributed by atoms with Gasteiger partial charge in [-0.25, -0.2) is 19.8 Å². The molecule has 0 fully saturated rings. The molecular weight excluding hydrogens is 685 g/mol. The van der Waals surface area contributed by atoms with Crippen LogP contribution >= 0.6 is 0 Å². The zero-order valence-electron chi connectivity index (χ0n) is 30.0. The highest BCUT2D eigenvalue weighted by Gasteiger charge is 2.51. The number of hydrogen-bond donors (Lipinski definition) is 0. The molecule has 56 heavy (non-hydrogen) atoms. The molecule has 1 atom stereocenters. The summed E-state index contributed by atoms with van der Waals surface area (Å²) in [5.41, 5.74) is 11.8. The van der Waals surface area contributed by atoms with E-state index in [1.165, 1.54) is 16.7 Å². The summed E-state index contributed by atoms with van der Waals surface area (Å²) in [6.45, 7) is 7.47. The highest BCUT2D eigenvalue weighted by molar-refractivity contribution is 5.93. The van der Waals surface area contributed by atoms with E-state index in [1.807, 2.05) is 84.9 Å². The molecule has 5 nitrogen and oxygen atoms in total. The molecule has 11 rings (SSSR count). The van der Waals surface area contributed by atoms with Gasteiger partial charge in [-0.1, -0.05) is 146 Å². The minimum absolute atomic E-state index is 0.610. The van der Waals surface area contributed by atoms with Crippen molar-refractivity contribution in [2.24, 2.45) is 0 Å². The highest BCUT2D eigenvalue weighted by atomic mass is 16.5. The lowest BCUT2D eigenvalue weighted by Crippen LogP contribution is -2.32. The molecule has 8 aromatic carbocycles. The maximum Gasteiger partial charge on any atom is 0.187 e. The Hall–Kier alpha value is -7.68. The van der Waals surface area contributed by atoms with Crippen molar-refractivity contribution in [2.75, 3.05) is 0 Å². The normalized spacial score (nSPS) is 14.6. The molecular formula is C51H30N4O. The molecule has 2 heterocycles. The van der Waals surface area contributed by atoms with Crippen LogP contribution in [0.1, 0.15) is 22.3 Å². The first-order chi connectivity index (χ1) is 27.7. The van der Waals surface area contributed by atoms with Crippen molar-refractivity contribution in [2.45, 2.75) is 5.41 Å². The molecule has 0 saturated carbocycles. The van der Waals surface area contributed by atoms with E-state index in [0.717, 1.165) is 66.8 Å². The topological polar surface area (TPSA) is 52.3 Å². The number of fused-ring (bicyclic) bond motifs is 10. The average molecular weight is 715 g/mol. The van der Waals surface area contributed by atoms with E-state index >= 15 is 0 Å². The van der Waals surface area contributed by atoms with Gasteiger partial charge in [0.2, 0.25) is 0 Å². The molecule has 0 N–H and O–H groups in total. The van der Waals surface area contributed by atoms with Crippen LogP contribution in [0.3, 0.4) is 0 Å². The van der Waals surface area contributed by atoms with Gasteiger partial charge in [0.1, 0.15) is 11.5 Å². The lowest BCUT2D eigenvalue weighted by atomic mass is 9.65. The number of hydrogen-bond acceptors (Lipinski definition) is 4. The molecule has 1 aliphatic heterocycles. The second kappa shape index (κ2) is 12.4. The van der Waals surface area contributed by atoms with Crippen LogP contribution in [0.5, 0.6) is 11.5 Å². The van der Waals surface area contributed by atoms with Gasteiger partial charge in [-0.3, -0.25) is 0 Å². The molecule has 0 saturated heterocycles. The largest absolute Gasteiger partial charge is 0.457 e. The summed E-state index contributed by atoms with van der Waals surface area (Å²) < 4.78 is 6.76. The fraction of sp³-hybridized carbons (Fsp3) is 0.0196. The molecule has 1 spiro atoms. The van der Waals surface area contributed by atoms with E-state index in [1.54, 1.807) is 0 Å². The van der Waals surface area contributed by atoms with Crippen LogP contribution in [0, 0.1) is 6.57 Å². The summed E-state index contributed by atoms with van der Waals surface area (Å²) in [5, 5.41) is 2.14. The third kappa shape index (κ3) is 4.83. The Kier molecular flexibility index (Phi) is 7.07. The third-order valence-electron chi connectivity index (χ3n) is 11.2. The van der Waals surface area contributed by atoms with E-state index < -0.39 is 5.41 Å². The molecule has 1 aromatic heterocycles. The van der Waals surface area contributed by atoms with E-state index in [9.17, 15) is 0 Å². The Balaban J connectivity index is 1.16. The summed E-state index contributed by atoms with van der Waals surface area (Å²) in [5.74, 6) is 3.51. The van der Waals surface area contributed by atoms with Gasteiger partial charge in [0.05, 0.1) is 12.0 Å². The molecule has 0 amide bonds. The van der Waals surface area contributed by atoms with Crippen molar-refractivity contribution >= 4 is 16.5 Å². The number of ether oxygens (including phenoxy) is 1. The van der Waals surface area contributed by atoms with Crippen molar-refractivity contribution in [3.05, 3.63) is 216 Å². The van der Waals surface area contributed by atoms with Crippen LogP contribution in [0.25, 0.3) is 72.0 Å². The van der Waals surface area contributed by atoms with Crippen molar-refractivity contribution in [3.63, 3.8) is 0 Å². The maximum absolute atomic E-state index is 7.47. The second-order valence-electron chi connectivity index (χ2n) is 14.3. The zero-order valence-corrected chi connectivity index (χ0v) is 30.0. The standard InChI is InChI=1S/C51H30N4O/c1-52-39-25-22-35-28-34(20-21-36(35)29-39)37-24-27-47-45(30-37)51(43-18-10-11-19-46(43)56-47)42-17-9-8-16-40(42)41-26-23-38(31-44(41)51)50-54-48(32-12-4-2-5-13-32)53-49(55-50)33-14-6-3-7-15-33/h2-31H. The van der Waals surface area contributed by atoms with Gasteiger partial charge in [-0.05, 0) is 80.6 Å². The Morgan fingerprint density at radius 2 is 0.929 bits per heavy atom. The first kappa shape index (κ1) is 31.8. The van der Waals surface area contributed by atoms with Gasteiger partial charge in [0, 0.05) is 27.8 Å². The second-order valence-corrected chi connectivity index (χ2v) is 14.3. The minimum Gasteiger partial charge on any atom is -0.457 e. The summed E-state index contributed by atoms with van der Waals surface area (Å²) in [7, 11) is 0. The predicted octanol–water partition coefficient (Wildman–Crippen LogP) is 12.7. The fourth-order valence-corrected chi connectivity index (χ4v) is 8.64. The van der Waals surface area contributed by atoms with Crippen LogP contribution in [0.4, 0.5) is 5.69 Å². The van der Waals surface area contributed by atoms with Crippen LogP contribution in [-0.4, -0.2) is 15.0 Å². The predicted molar refractivity (Wildman–Crippen MR) is 223 cm³/mol. The van der Waals surface area contributed by atoms with Crippen molar-refractivity contribution in [1.29, 1.82) is 0 Å². The van der Waals surface area contributed by atoms with Crippen LogP contribution in [-0.2, 0) is 5.41 Å². The summed E-state index contributed by atoms with van der Waals surface area (Å²) in [4.78, 5) is 18.8. The van der Waals surface area contributed by atoms with Crippen LogP contribution < -0.4 is 4.74 Å². The number of para-hydroxylation sites is 1. The van der Waals surface area contributed by atoms with Crippen molar-refractivity contribution in [3.8, 4) is 67.9 Å². The Labute approximate surface area is 324 Å². The Bertz CT molecular complexity index is 3020. The molecule has 260 valence electrons. The van der Waals surface area contributed by atoms with Crippen molar-refractivity contribution in [1.82, 2.24) is 15.0 Å². The van der Waals surface area contributed by atoms with Crippen molar-refractivity contribution < 1.29 is 4.74 Å². The van der Waals surface area contributed by atoms with Crippen LogP contribution in [0.2, 0.25) is 0 Å². The number of benzene rings is 8. The Morgan fingerprint density at radius 1 is 0.393 bits per heavy atom. The third-order valence-corrected chi connectivity index (χ3v) is 11.2. The summed E-state index contributed by atoms with van der Waals surface area (Å²) in [6, 6.07) is 62.9. The molecule has 0 bridgehead atoms. The molecule has 0 radical (unpaired) electrons. The number of rotatable bonds is 4. The fourth-order valence-electron chi connectivity index (χ4n) is 8.64. The number of aromatic nitrogens is 3. The van der Waals surface area contributed by atoms with E-state index in [2.05, 4.69) is 102 Å².